The molecule has 4 nitrogen and oxygen atoms in total. The average molecular weight is 312 g/mol. The van der Waals surface area contributed by atoms with E-state index in [-0.39, 0.29) is 17.2 Å². The Morgan fingerprint density at radius 3 is 2.70 bits per heavy atom. The zero-order valence-corrected chi connectivity index (χ0v) is 13.5. The number of carbonyl (C=O) groups excluding carboxylic acids is 1. The first-order chi connectivity index (χ1) is 11.1. The number of amides is 1. The Bertz CT molecular complexity index is 655. The number of rotatable bonds is 2. The summed E-state index contributed by atoms with van der Waals surface area (Å²) in [5.74, 6) is 3.61. The second-order valence-corrected chi connectivity index (χ2v) is 7.56. The molecule has 0 heterocycles. The highest BCUT2D eigenvalue weighted by Crippen LogP contribution is 2.57. The number of phenolic OH excluding ortho intramolecular Hbond substituents is 1. The van der Waals surface area contributed by atoms with Crippen LogP contribution in [0.3, 0.4) is 0 Å². The molecule has 0 aromatic heterocycles. The Hall–Kier alpha value is -1.84. The van der Waals surface area contributed by atoms with Crippen molar-refractivity contribution in [1.29, 1.82) is 0 Å². The van der Waals surface area contributed by atoms with Gasteiger partial charge in [-0.25, -0.2) is 5.43 Å². The first-order valence-electron chi connectivity index (χ1n) is 8.78. The zero-order chi connectivity index (χ0) is 16.0. The molecule has 3 saturated carbocycles. The average Bonchev–Trinajstić information content (AvgIpc) is 3.14. The molecule has 1 aromatic rings. The molecule has 1 amide bonds. The number of hydrogen-bond donors (Lipinski definition) is 2. The van der Waals surface area contributed by atoms with E-state index in [0.717, 1.165) is 35.8 Å². The fourth-order valence-electron chi connectivity index (χ4n) is 5.21. The van der Waals surface area contributed by atoms with Gasteiger partial charge in [-0.15, -0.1) is 0 Å². The molecular formula is C19H24N2O2. The molecule has 0 aliphatic heterocycles. The summed E-state index contributed by atoms with van der Waals surface area (Å²) in [7, 11) is 0. The quantitative estimate of drug-likeness (QED) is 0.820. The van der Waals surface area contributed by atoms with Crippen molar-refractivity contribution in [2.24, 2.45) is 34.7 Å². The third kappa shape index (κ3) is 2.54. The number of para-hydroxylation sites is 1. The fourth-order valence-corrected chi connectivity index (χ4v) is 5.21. The SMILES string of the molecule is C[C@@H]1C[C@H]2[C@@H]3CC[C@H](C3)[C@@H]2C/C1=N\NC(=O)c1ccccc1O. The van der Waals surface area contributed by atoms with Crippen LogP contribution in [0.15, 0.2) is 29.4 Å². The molecule has 2 N–H and O–H groups in total. The van der Waals surface area contributed by atoms with Gasteiger partial charge in [0.1, 0.15) is 5.75 Å². The van der Waals surface area contributed by atoms with Crippen molar-refractivity contribution >= 4 is 11.6 Å². The van der Waals surface area contributed by atoms with Crippen LogP contribution >= 0.6 is 0 Å². The van der Waals surface area contributed by atoms with Gasteiger partial charge in [0.15, 0.2) is 0 Å². The van der Waals surface area contributed by atoms with E-state index < -0.39 is 0 Å². The van der Waals surface area contributed by atoms with Crippen LogP contribution in [-0.4, -0.2) is 16.7 Å². The van der Waals surface area contributed by atoms with E-state index in [0.29, 0.717) is 5.92 Å². The summed E-state index contributed by atoms with van der Waals surface area (Å²) in [6.45, 7) is 2.23. The fraction of sp³-hybridized carbons (Fsp3) is 0.579. The van der Waals surface area contributed by atoms with Gasteiger partial charge in [0.25, 0.3) is 5.91 Å². The molecule has 3 fully saturated rings. The highest BCUT2D eigenvalue weighted by molar-refractivity contribution is 5.98. The Morgan fingerprint density at radius 1 is 1.17 bits per heavy atom. The number of aromatic hydroxyl groups is 1. The van der Waals surface area contributed by atoms with E-state index in [4.69, 9.17) is 0 Å². The number of nitrogens with one attached hydrogen (secondary N) is 1. The predicted octanol–water partition coefficient (Wildman–Crippen LogP) is 3.57. The summed E-state index contributed by atoms with van der Waals surface area (Å²) >= 11 is 0. The maximum absolute atomic E-state index is 12.2. The van der Waals surface area contributed by atoms with Gasteiger partial charge in [0, 0.05) is 5.71 Å². The molecular weight excluding hydrogens is 288 g/mol. The van der Waals surface area contributed by atoms with Crippen molar-refractivity contribution in [2.45, 2.75) is 39.0 Å². The number of phenols is 1. The number of benzene rings is 1. The van der Waals surface area contributed by atoms with Gasteiger partial charge < -0.3 is 5.11 Å². The van der Waals surface area contributed by atoms with Crippen molar-refractivity contribution in [3.8, 4) is 5.75 Å². The lowest BCUT2D eigenvalue weighted by molar-refractivity contribution is 0.0951. The molecule has 3 aliphatic carbocycles. The molecule has 4 rings (SSSR count). The molecule has 0 spiro atoms. The van der Waals surface area contributed by atoms with E-state index >= 15 is 0 Å². The zero-order valence-electron chi connectivity index (χ0n) is 13.5. The van der Waals surface area contributed by atoms with Crippen molar-refractivity contribution in [1.82, 2.24) is 5.43 Å². The van der Waals surface area contributed by atoms with Gasteiger partial charge in [-0.3, -0.25) is 4.79 Å². The molecule has 4 heteroatoms. The lowest BCUT2D eigenvalue weighted by atomic mass is 9.67. The van der Waals surface area contributed by atoms with Gasteiger partial charge in [0.2, 0.25) is 0 Å². The predicted molar refractivity (Wildman–Crippen MR) is 89.2 cm³/mol. The normalized spacial score (nSPS) is 36.9. The number of nitrogens with zero attached hydrogens (tertiary/aromatic N) is 1. The number of hydrazone groups is 1. The van der Waals surface area contributed by atoms with Crippen LogP contribution < -0.4 is 5.43 Å². The second kappa shape index (κ2) is 5.66. The van der Waals surface area contributed by atoms with Crippen LogP contribution in [0.2, 0.25) is 0 Å². The van der Waals surface area contributed by atoms with Crippen LogP contribution in [0.5, 0.6) is 5.75 Å². The summed E-state index contributed by atoms with van der Waals surface area (Å²) in [5, 5.41) is 14.2. The highest BCUT2D eigenvalue weighted by Gasteiger charge is 2.50. The van der Waals surface area contributed by atoms with Crippen molar-refractivity contribution < 1.29 is 9.90 Å². The van der Waals surface area contributed by atoms with E-state index in [2.05, 4.69) is 17.5 Å². The monoisotopic (exact) mass is 312 g/mol. The maximum Gasteiger partial charge on any atom is 0.275 e. The second-order valence-electron chi connectivity index (χ2n) is 7.56. The topological polar surface area (TPSA) is 61.7 Å². The van der Waals surface area contributed by atoms with Gasteiger partial charge in [0.05, 0.1) is 5.56 Å². The minimum Gasteiger partial charge on any atom is -0.507 e. The Kier molecular flexibility index (Phi) is 3.63. The largest absolute Gasteiger partial charge is 0.507 e. The summed E-state index contributed by atoms with van der Waals surface area (Å²) in [6, 6.07) is 6.58. The Labute approximate surface area is 137 Å². The van der Waals surface area contributed by atoms with Crippen molar-refractivity contribution in [3.63, 3.8) is 0 Å². The third-order valence-corrected chi connectivity index (χ3v) is 6.36. The number of hydrogen-bond acceptors (Lipinski definition) is 3. The van der Waals surface area contributed by atoms with Crippen LogP contribution in [0.25, 0.3) is 0 Å². The molecule has 0 radical (unpaired) electrons. The van der Waals surface area contributed by atoms with E-state index in [1.54, 1.807) is 18.2 Å². The molecule has 0 saturated heterocycles. The van der Waals surface area contributed by atoms with Gasteiger partial charge >= 0.3 is 0 Å². The highest BCUT2D eigenvalue weighted by atomic mass is 16.3. The number of carbonyl (C=O) groups is 1. The lowest BCUT2D eigenvalue weighted by Crippen LogP contribution is -2.36. The first-order valence-corrected chi connectivity index (χ1v) is 8.78. The molecule has 5 atom stereocenters. The summed E-state index contributed by atoms with van der Waals surface area (Å²) in [6.07, 6.45) is 6.48. The molecule has 3 aliphatic rings. The molecule has 0 unspecified atom stereocenters. The smallest absolute Gasteiger partial charge is 0.275 e. The first kappa shape index (κ1) is 14.7. The van der Waals surface area contributed by atoms with Crippen molar-refractivity contribution in [3.05, 3.63) is 29.8 Å². The van der Waals surface area contributed by atoms with E-state index in [1.165, 1.54) is 31.7 Å². The van der Waals surface area contributed by atoms with Crippen LogP contribution in [-0.2, 0) is 0 Å². The van der Waals surface area contributed by atoms with E-state index in [9.17, 15) is 9.90 Å². The van der Waals surface area contributed by atoms with Crippen LogP contribution in [0, 0.1) is 29.6 Å². The minimum atomic E-state index is -0.335. The summed E-state index contributed by atoms with van der Waals surface area (Å²) in [4.78, 5) is 12.2. The van der Waals surface area contributed by atoms with E-state index in [1.807, 2.05) is 0 Å². The van der Waals surface area contributed by atoms with Crippen LogP contribution in [0.4, 0.5) is 0 Å². The molecule has 2 bridgehead atoms. The van der Waals surface area contributed by atoms with Gasteiger partial charge in [-0.05, 0) is 73.8 Å². The van der Waals surface area contributed by atoms with Crippen LogP contribution in [0.1, 0.15) is 49.4 Å². The maximum atomic E-state index is 12.2. The Balaban J connectivity index is 1.46. The molecule has 23 heavy (non-hydrogen) atoms. The standard InChI is InChI=1S/C19H24N2O2/c1-11-8-15-12-6-7-13(9-12)16(15)10-17(11)20-21-19(23)14-4-2-3-5-18(14)22/h2-5,11-13,15-16,22H,6-10H2,1H3,(H,21,23)/b20-17+/t11-,12-,13-,15+,16+/m1/s1. The summed E-state index contributed by atoms with van der Waals surface area (Å²) in [5.41, 5.74) is 4.06. The van der Waals surface area contributed by atoms with Gasteiger partial charge in [-0.1, -0.05) is 19.1 Å². The van der Waals surface area contributed by atoms with Crippen molar-refractivity contribution in [2.75, 3.05) is 0 Å². The Morgan fingerprint density at radius 2 is 1.91 bits per heavy atom. The van der Waals surface area contributed by atoms with Gasteiger partial charge in [-0.2, -0.15) is 5.10 Å². The lowest BCUT2D eigenvalue weighted by Gasteiger charge is -2.38. The molecule has 122 valence electrons. The molecule has 1 aromatic carbocycles. The third-order valence-electron chi connectivity index (χ3n) is 6.36. The number of fused-ring (bicyclic) bond motifs is 5. The minimum absolute atomic E-state index is 0.00457. The summed E-state index contributed by atoms with van der Waals surface area (Å²) < 4.78 is 0.